The van der Waals surface area contributed by atoms with E-state index >= 15 is 0 Å². The Morgan fingerprint density at radius 3 is 2.26 bits per heavy atom. The van der Waals surface area contributed by atoms with E-state index in [1.54, 1.807) is 12.1 Å². The summed E-state index contributed by atoms with van der Waals surface area (Å²) >= 11 is 5.78. The van der Waals surface area contributed by atoms with Crippen molar-refractivity contribution in [3.05, 3.63) is 54.1 Å². The fourth-order valence-electron chi connectivity index (χ4n) is 1.93. The van der Waals surface area contributed by atoms with Crippen molar-refractivity contribution in [2.75, 3.05) is 5.88 Å². The van der Waals surface area contributed by atoms with E-state index in [1.165, 1.54) is 6.07 Å². The molecule has 0 heterocycles. The summed E-state index contributed by atoms with van der Waals surface area (Å²) < 4.78 is 22.7. The van der Waals surface area contributed by atoms with Crippen LogP contribution >= 0.6 is 22.3 Å². The third kappa shape index (κ3) is 3.50. The second-order valence-corrected chi connectivity index (χ2v) is 7.01. The molecule has 0 saturated carbocycles. The van der Waals surface area contributed by atoms with Gasteiger partial charge in [-0.2, -0.15) is 0 Å². The molecule has 0 aliphatic rings. The fourth-order valence-corrected chi connectivity index (χ4v) is 2.93. The summed E-state index contributed by atoms with van der Waals surface area (Å²) in [7, 11) is 1.65. The van der Waals surface area contributed by atoms with Crippen LogP contribution in [0.3, 0.4) is 0 Å². The first-order chi connectivity index (χ1) is 9.02. The first kappa shape index (κ1) is 14.4. The van der Waals surface area contributed by atoms with E-state index in [1.807, 2.05) is 30.3 Å². The van der Waals surface area contributed by atoms with Gasteiger partial charge in [-0.3, -0.25) is 0 Å². The lowest BCUT2D eigenvalue weighted by molar-refractivity contribution is 0.609. The van der Waals surface area contributed by atoms with Crippen LogP contribution in [0.1, 0.15) is 5.56 Å². The average Bonchev–Trinajstić information content (AvgIpc) is 2.39. The molecule has 0 radical (unpaired) electrons. The highest BCUT2D eigenvalue weighted by Gasteiger charge is 2.13. The first-order valence-corrected chi connectivity index (χ1v) is 8.56. The van der Waals surface area contributed by atoms with Crippen molar-refractivity contribution in [2.24, 2.45) is 0 Å². The lowest BCUT2D eigenvalue weighted by atomic mass is 9.98. The van der Waals surface area contributed by atoms with E-state index < -0.39 is 9.05 Å². The van der Waals surface area contributed by atoms with E-state index in [0.29, 0.717) is 12.3 Å². The van der Waals surface area contributed by atoms with Crippen LogP contribution in [0, 0.1) is 0 Å². The predicted molar refractivity (Wildman–Crippen MR) is 79.3 cm³/mol. The number of hydrogen-bond donors (Lipinski definition) is 0. The van der Waals surface area contributed by atoms with Gasteiger partial charge in [0.05, 0.1) is 4.90 Å². The SMILES string of the molecule is O=S(=O)(Cl)c1ccc(-c2ccccc2)c(CCCl)c1. The minimum atomic E-state index is -3.71. The second kappa shape index (κ2) is 5.95. The third-order valence-electron chi connectivity index (χ3n) is 2.81. The zero-order chi connectivity index (χ0) is 13.9. The lowest BCUT2D eigenvalue weighted by Crippen LogP contribution is -1.97. The summed E-state index contributed by atoms with van der Waals surface area (Å²) in [4.78, 5) is 0.106. The highest BCUT2D eigenvalue weighted by molar-refractivity contribution is 8.13. The molecule has 0 aromatic heterocycles. The third-order valence-corrected chi connectivity index (χ3v) is 4.35. The van der Waals surface area contributed by atoms with Crippen molar-refractivity contribution in [3.8, 4) is 11.1 Å². The van der Waals surface area contributed by atoms with Crippen LogP contribution in [-0.4, -0.2) is 14.3 Å². The molecule has 19 heavy (non-hydrogen) atoms. The molecule has 2 aromatic rings. The molecule has 5 heteroatoms. The Morgan fingerprint density at radius 2 is 1.68 bits per heavy atom. The number of alkyl halides is 1. The van der Waals surface area contributed by atoms with Gasteiger partial charge in [-0.25, -0.2) is 8.42 Å². The number of benzene rings is 2. The maximum Gasteiger partial charge on any atom is 0.261 e. The van der Waals surface area contributed by atoms with Crippen LogP contribution < -0.4 is 0 Å². The monoisotopic (exact) mass is 314 g/mol. The Labute approximate surface area is 122 Å². The van der Waals surface area contributed by atoms with Crippen LogP contribution in [0.5, 0.6) is 0 Å². The Kier molecular flexibility index (Phi) is 4.50. The number of aryl methyl sites for hydroxylation is 1. The molecule has 100 valence electrons. The molecule has 0 saturated heterocycles. The largest absolute Gasteiger partial charge is 0.261 e. The van der Waals surface area contributed by atoms with Gasteiger partial charge in [0, 0.05) is 16.6 Å². The van der Waals surface area contributed by atoms with E-state index in [4.69, 9.17) is 22.3 Å². The van der Waals surface area contributed by atoms with Gasteiger partial charge in [-0.15, -0.1) is 11.6 Å². The molecule has 0 aliphatic heterocycles. The van der Waals surface area contributed by atoms with Gasteiger partial charge in [0.15, 0.2) is 0 Å². The average molecular weight is 315 g/mol. The van der Waals surface area contributed by atoms with E-state index in [0.717, 1.165) is 16.7 Å². The van der Waals surface area contributed by atoms with Gasteiger partial charge >= 0.3 is 0 Å². The quantitative estimate of drug-likeness (QED) is 0.630. The molecule has 2 aromatic carbocycles. The van der Waals surface area contributed by atoms with E-state index in [2.05, 4.69) is 0 Å². The molecule has 0 fully saturated rings. The minimum absolute atomic E-state index is 0.106. The van der Waals surface area contributed by atoms with Gasteiger partial charge in [-0.1, -0.05) is 36.4 Å². The molecule has 0 N–H and O–H groups in total. The maximum atomic E-state index is 11.4. The molecule has 0 atom stereocenters. The van der Waals surface area contributed by atoms with Crippen molar-refractivity contribution in [1.82, 2.24) is 0 Å². The Balaban J connectivity index is 2.56. The van der Waals surface area contributed by atoms with Crippen LogP contribution in [0.25, 0.3) is 11.1 Å². The second-order valence-electron chi connectivity index (χ2n) is 4.06. The summed E-state index contributed by atoms with van der Waals surface area (Å²) in [6.07, 6.45) is 0.589. The Hall–Kier alpha value is -1.03. The Morgan fingerprint density at radius 1 is 1.00 bits per heavy atom. The highest BCUT2D eigenvalue weighted by Crippen LogP contribution is 2.28. The van der Waals surface area contributed by atoms with Gasteiger partial charge in [-0.05, 0) is 35.2 Å². The molecule has 0 unspecified atom stereocenters. The van der Waals surface area contributed by atoms with Gasteiger partial charge < -0.3 is 0 Å². The molecule has 0 bridgehead atoms. The highest BCUT2D eigenvalue weighted by atomic mass is 35.7. The molecular formula is C14H12Cl2O2S. The topological polar surface area (TPSA) is 34.1 Å². The standard InChI is InChI=1S/C14H12Cl2O2S/c15-9-8-12-10-13(19(16,17)18)6-7-14(12)11-4-2-1-3-5-11/h1-7,10H,8-9H2. The summed E-state index contributed by atoms with van der Waals surface area (Å²) in [5, 5.41) is 0. The normalized spacial score (nSPS) is 11.5. The van der Waals surface area contributed by atoms with Gasteiger partial charge in [0.25, 0.3) is 9.05 Å². The van der Waals surface area contributed by atoms with Crippen molar-refractivity contribution < 1.29 is 8.42 Å². The fraction of sp³-hybridized carbons (Fsp3) is 0.143. The van der Waals surface area contributed by atoms with Crippen LogP contribution in [0.2, 0.25) is 0 Å². The van der Waals surface area contributed by atoms with Crippen LogP contribution in [-0.2, 0) is 15.5 Å². The molecule has 2 nitrogen and oxygen atoms in total. The van der Waals surface area contributed by atoms with Crippen molar-refractivity contribution in [3.63, 3.8) is 0 Å². The summed E-state index contributed by atoms with van der Waals surface area (Å²) in [6, 6.07) is 14.6. The lowest BCUT2D eigenvalue weighted by Gasteiger charge is -2.10. The number of hydrogen-bond acceptors (Lipinski definition) is 2. The molecule has 0 spiro atoms. The first-order valence-electron chi connectivity index (χ1n) is 5.71. The molecule has 0 amide bonds. The number of rotatable bonds is 4. The zero-order valence-electron chi connectivity index (χ0n) is 10.0. The molecule has 0 aliphatic carbocycles. The van der Waals surface area contributed by atoms with Crippen LogP contribution in [0.4, 0.5) is 0 Å². The maximum absolute atomic E-state index is 11.4. The van der Waals surface area contributed by atoms with Crippen molar-refractivity contribution >= 4 is 31.3 Å². The summed E-state index contributed by atoms with van der Waals surface area (Å²) in [5.41, 5.74) is 2.88. The predicted octanol–water partition coefficient (Wildman–Crippen LogP) is 4.06. The van der Waals surface area contributed by atoms with Gasteiger partial charge in [0.1, 0.15) is 0 Å². The van der Waals surface area contributed by atoms with E-state index in [9.17, 15) is 8.42 Å². The van der Waals surface area contributed by atoms with Gasteiger partial charge in [0.2, 0.25) is 0 Å². The van der Waals surface area contributed by atoms with E-state index in [-0.39, 0.29) is 4.90 Å². The molecular weight excluding hydrogens is 303 g/mol. The minimum Gasteiger partial charge on any atom is -0.207 e. The van der Waals surface area contributed by atoms with Crippen LogP contribution in [0.15, 0.2) is 53.4 Å². The van der Waals surface area contributed by atoms with Crippen molar-refractivity contribution in [2.45, 2.75) is 11.3 Å². The zero-order valence-corrected chi connectivity index (χ0v) is 12.3. The summed E-state index contributed by atoms with van der Waals surface area (Å²) in [6.45, 7) is 0. The smallest absolute Gasteiger partial charge is 0.207 e. The van der Waals surface area contributed by atoms with Crippen molar-refractivity contribution in [1.29, 1.82) is 0 Å². The summed E-state index contributed by atoms with van der Waals surface area (Å²) in [5.74, 6) is 0.422. The molecule has 2 rings (SSSR count). The number of halogens is 2. The Bertz CT molecular complexity index is 667.